The van der Waals surface area contributed by atoms with Crippen molar-refractivity contribution < 1.29 is 64.4 Å². The van der Waals surface area contributed by atoms with Crippen LogP contribution in [0, 0.1) is 19.2 Å². The fraction of sp³-hybridized carbons (Fsp3) is 0.368. The zero-order valence-corrected chi connectivity index (χ0v) is 59.7. The van der Waals surface area contributed by atoms with Crippen LogP contribution in [0.4, 0.5) is 11.4 Å². The Hall–Kier alpha value is -7.65. The maximum absolute atomic E-state index is 13.7. The molecule has 516 valence electrons. The zero-order chi connectivity index (χ0) is 67.7. The van der Waals surface area contributed by atoms with E-state index >= 15 is 0 Å². The molecule has 20 nitrogen and oxygen atoms in total. The first-order valence-corrected chi connectivity index (χ1v) is 35.9. The zero-order valence-electron chi connectivity index (χ0n) is 54.4. The summed E-state index contributed by atoms with van der Waals surface area (Å²) in [5.41, 5.74) is 10.5. The van der Waals surface area contributed by atoms with Gasteiger partial charge in [-0.2, -0.15) is 0 Å². The largest absolute Gasteiger partial charge is 2.00 e. The third-order valence-corrected chi connectivity index (χ3v) is 21.3. The van der Waals surface area contributed by atoms with Gasteiger partial charge in [0.1, 0.15) is 19.9 Å². The Morgan fingerprint density at radius 2 is 0.889 bits per heavy atom. The molecule has 4 saturated heterocycles. The summed E-state index contributed by atoms with van der Waals surface area (Å²) in [5, 5.41) is 38.3. The Morgan fingerprint density at radius 3 is 1.21 bits per heavy atom. The number of carbonyl (C=O) groups excluding carboxylic acids is 2. The van der Waals surface area contributed by atoms with E-state index in [0.717, 1.165) is 99.6 Å². The number of carboxylic acid groups (broad SMARTS) is 2. The fourth-order valence-electron chi connectivity index (χ4n) is 15.6. The molecule has 6 heterocycles. The molecule has 8 aromatic rings. The minimum absolute atomic E-state index is 0. The van der Waals surface area contributed by atoms with Crippen molar-refractivity contribution in [2.24, 2.45) is 21.8 Å². The second-order valence-corrected chi connectivity index (χ2v) is 28.9. The molecule has 6 N–H and O–H groups in total. The van der Waals surface area contributed by atoms with Gasteiger partial charge in [-0.15, -0.1) is 13.1 Å². The number of halogens is 2. The Morgan fingerprint density at radius 1 is 0.525 bits per heavy atom. The molecule has 2 aromatic heterocycles. The Kier molecular flexibility index (Phi) is 22.9. The van der Waals surface area contributed by atoms with E-state index in [1.165, 1.54) is 0 Å². The number of hydrogen-bond donors (Lipinski definition) is 6. The van der Waals surface area contributed by atoms with Crippen molar-refractivity contribution in [2.45, 2.75) is 136 Å². The maximum Gasteiger partial charge on any atom is 2.00 e. The molecule has 0 amide bonds. The number of aliphatic carboxylic acids is 2. The number of rotatable bonds is 24. The SMILES string of the molecule is O=C(O)C(N=C(c1ccccc1)c1ccccc1NOC(=O)[C@]1(Cc2ccccc2)CCC[N-]1)C(c1nc(I)co1)C1CC2(CCCN2)C1.O=C(O)C(N=C(c1ccccc1)c1ccccc1NOC(=O)[C@]1(Cc2ccccc2)CCC[N-]1)C(c1nc(I)co1)C1CC2(CCCN2)C1.[Ni+2]. The van der Waals surface area contributed by atoms with Gasteiger partial charge in [-0.3, -0.25) is 19.6 Å². The minimum Gasteiger partial charge on any atom is -0.647 e. The standard InChI is InChI=1S/2C38H39IN5O5.Ni/c2*39-30-24-48-34(42-30)31(27-22-37(23-27)17-9-19-40-37)33(35(45)46)43-32(26-13-5-2-6-14-26)28-15-7-8-16-29(28)44-49-36(47)38(18-10-20-41-38)21-25-11-3-1-4-12-25;/h2*1-8,11-16,24,27,31,33,40,44H,9-10,17-23H2,(H,45,46);/q2*-1;+2/t2*27?,31?,33?,37?,38-;/m11./s1. The van der Waals surface area contributed by atoms with Crippen LogP contribution in [0.15, 0.2) is 201 Å². The normalized spacial score (nSPS) is 24.4. The number of oxazole rings is 2. The summed E-state index contributed by atoms with van der Waals surface area (Å²) in [7, 11) is 0. The van der Waals surface area contributed by atoms with Gasteiger partial charge in [0.05, 0.1) is 34.6 Å². The van der Waals surface area contributed by atoms with Crippen molar-refractivity contribution in [2.75, 3.05) is 37.1 Å². The van der Waals surface area contributed by atoms with Crippen LogP contribution in [-0.4, -0.2) is 116 Å². The van der Waals surface area contributed by atoms with Gasteiger partial charge in [0.25, 0.3) is 0 Å². The molecule has 4 aliphatic heterocycles. The number of carboxylic acids is 2. The van der Waals surface area contributed by atoms with Gasteiger partial charge < -0.3 is 50.0 Å². The molecule has 6 fully saturated rings. The number of benzene rings is 6. The van der Waals surface area contributed by atoms with Crippen molar-refractivity contribution in [3.8, 4) is 0 Å². The van der Waals surface area contributed by atoms with Gasteiger partial charge in [-0.25, -0.2) is 30.5 Å². The summed E-state index contributed by atoms with van der Waals surface area (Å²) in [5.74, 6) is -3.37. The van der Waals surface area contributed by atoms with E-state index in [2.05, 4.69) is 76.7 Å². The maximum atomic E-state index is 13.7. The van der Waals surface area contributed by atoms with Crippen molar-refractivity contribution in [3.63, 3.8) is 0 Å². The second-order valence-electron chi connectivity index (χ2n) is 26.7. The van der Waals surface area contributed by atoms with Crippen LogP contribution in [0.3, 0.4) is 0 Å². The van der Waals surface area contributed by atoms with E-state index in [0.29, 0.717) is 91.9 Å². The van der Waals surface area contributed by atoms with Crippen LogP contribution in [0.2, 0.25) is 0 Å². The van der Waals surface area contributed by atoms with E-state index in [9.17, 15) is 29.4 Å². The third-order valence-electron chi connectivity index (χ3n) is 20.3. The van der Waals surface area contributed by atoms with Crippen LogP contribution >= 0.6 is 45.2 Å². The van der Waals surface area contributed by atoms with Crippen molar-refractivity contribution in [3.05, 3.63) is 246 Å². The quantitative estimate of drug-likeness (QED) is 0.0142. The molecule has 4 unspecified atom stereocenters. The fourth-order valence-corrected chi connectivity index (χ4v) is 16.3. The molecule has 2 spiro atoms. The Labute approximate surface area is 612 Å². The molecule has 0 radical (unpaired) electrons. The molecule has 2 aliphatic carbocycles. The summed E-state index contributed by atoms with van der Waals surface area (Å²) in [6, 6.07) is 50.9. The van der Waals surface area contributed by atoms with Crippen molar-refractivity contribution in [1.29, 1.82) is 0 Å². The predicted octanol–water partition coefficient (Wildman–Crippen LogP) is 13.8. The summed E-state index contributed by atoms with van der Waals surface area (Å²) >= 11 is 4.17. The molecule has 14 rings (SSSR count). The predicted molar refractivity (Wildman–Crippen MR) is 389 cm³/mol. The first kappa shape index (κ1) is 71.2. The summed E-state index contributed by atoms with van der Waals surface area (Å²) < 4.78 is 13.1. The van der Waals surface area contributed by atoms with Crippen LogP contribution in [0.1, 0.15) is 134 Å². The van der Waals surface area contributed by atoms with Gasteiger partial charge in [0.15, 0.2) is 12.1 Å². The van der Waals surface area contributed by atoms with Crippen LogP contribution in [0.25, 0.3) is 10.6 Å². The van der Waals surface area contributed by atoms with Crippen LogP contribution < -0.4 is 21.6 Å². The monoisotopic (exact) mass is 1600 g/mol. The van der Waals surface area contributed by atoms with Gasteiger partial charge >= 0.3 is 40.4 Å². The average molecular weight is 1600 g/mol. The van der Waals surface area contributed by atoms with E-state index in [-0.39, 0.29) is 39.4 Å². The third kappa shape index (κ3) is 16.2. The molecule has 6 atom stereocenters. The minimum atomic E-state index is -1.18. The second kappa shape index (κ2) is 31.9. The van der Waals surface area contributed by atoms with Crippen LogP contribution in [0.5, 0.6) is 0 Å². The van der Waals surface area contributed by atoms with E-state index in [4.69, 9.17) is 39.1 Å². The van der Waals surface area contributed by atoms with Crippen molar-refractivity contribution in [1.82, 2.24) is 20.6 Å². The summed E-state index contributed by atoms with van der Waals surface area (Å²) in [6.45, 7) is 3.15. The van der Waals surface area contributed by atoms with E-state index < -0.39 is 58.9 Å². The molecule has 23 heteroatoms. The molecule has 6 aliphatic rings. The van der Waals surface area contributed by atoms with Crippen molar-refractivity contribution >= 4 is 91.9 Å². The number of nitrogens with zero attached hydrogens (tertiary/aromatic N) is 6. The molecule has 99 heavy (non-hydrogen) atoms. The van der Waals surface area contributed by atoms with E-state index in [1.54, 1.807) is 24.7 Å². The first-order valence-electron chi connectivity index (χ1n) is 33.7. The van der Waals surface area contributed by atoms with Gasteiger partial charge in [0, 0.05) is 33.3 Å². The Bertz CT molecular complexity index is 3860. The van der Waals surface area contributed by atoms with Gasteiger partial charge in [-0.05, 0) is 169 Å². The molecular formula is C76H78I2N10NiO10. The number of aromatic nitrogens is 2. The first-order chi connectivity index (χ1) is 47.7. The summed E-state index contributed by atoms with van der Waals surface area (Å²) in [6.07, 6.45) is 14.5. The van der Waals surface area contributed by atoms with Gasteiger partial charge in [-0.1, -0.05) is 183 Å². The van der Waals surface area contributed by atoms with E-state index in [1.807, 2.05) is 158 Å². The molecule has 2 saturated carbocycles. The average Bonchev–Trinajstić information content (AvgIpc) is 1.74. The topological polar surface area (TPSA) is 280 Å². The molecule has 6 aromatic carbocycles. The Balaban J connectivity index is 0.000000186. The molecular weight excluding hydrogens is 1530 g/mol. The van der Waals surface area contributed by atoms with Gasteiger partial charge in [0.2, 0.25) is 11.8 Å². The van der Waals surface area contributed by atoms with Crippen LogP contribution in [-0.2, 0) is 58.2 Å². The molecule has 0 bridgehead atoms. The number of anilines is 2. The number of para-hydroxylation sites is 2. The number of hydrogen-bond acceptors (Lipinski definition) is 16. The number of carbonyl (C=O) groups is 4. The number of nitrogens with one attached hydrogen (secondary N) is 4. The smallest absolute Gasteiger partial charge is 0.647 e. The number of aliphatic imine (C=N–C) groups is 2. The summed E-state index contributed by atoms with van der Waals surface area (Å²) in [4.78, 5) is 84.8.